The molecule has 6 heteroatoms. The number of thiazole rings is 1. The van der Waals surface area contributed by atoms with Crippen molar-refractivity contribution in [1.29, 1.82) is 0 Å². The second-order valence-corrected chi connectivity index (χ2v) is 7.95. The zero-order valence-corrected chi connectivity index (χ0v) is 17.7. The molecule has 0 atom stereocenters. The first-order valence-corrected chi connectivity index (χ1v) is 10.6. The summed E-state index contributed by atoms with van der Waals surface area (Å²) in [6.45, 7) is 5.92. The Bertz CT molecular complexity index is 993. The molecule has 0 spiro atoms. The van der Waals surface area contributed by atoms with E-state index >= 15 is 0 Å². The van der Waals surface area contributed by atoms with E-state index in [1.807, 2.05) is 19.2 Å². The van der Waals surface area contributed by atoms with E-state index in [4.69, 9.17) is 0 Å². The summed E-state index contributed by atoms with van der Waals surface area (Å²) in [6, 6.07) is 15.3. The average Bonchev–Trinajstić information content (AvgIpc) is 3.16. The Morgan fingerprint density at radius 3 is 2.48 bits per heavy atom. The van der Waals surface area contributed by atoms with Gasteiger partial charge in [0.15, 0.2) is 0 Å². The molecule has 2 aromatic carbocycles. The van der Waals surface area contributed by atoms with Crippen LogP contribution < -0.4 is 10.6 Å². The van der Waals surface area contributed by atoms with Crippen molar-refractivity contribution in [3.05, 3.63) is 70.7 Å². The number of amides is 2. The molecule has 0 aliphatic rings. The third-order valence-corrected chi connectivity index (χ3v) is 5.31. The number of nitrogens with one attached hydrogen (secondary N) is 2. The van der Waals surface area contributed by atoms with Gasteiger partial charge in [-0.25, -0.2) is 4.98 Å². The SMILES string of the molecule is CCc1ccc(-c2nc(CC(=O)Nc3ccccc3C(=O)NC(C)C)cs2)cc1. The van der Waals surface area contributed by atoms with Gasteiger partial charge in [0, 0.05) is 17.0 Å². The lowest BCUT2D eigenvalue weighted by Crippen LogP contribution is -2.31. The quantitative estimate of drug-likeness (QED) is 0.597. The maximum atomic E-state index is 12.5. The van der Waals surface area contributed by atoms with Crippen molar-refractivity contribution in [3.8, 4) is 10.6 Å². The van der Waals surface area contributed by atoms with Crippen molar-refractivity contribution in [3.63, 3.8) is 0 Å². The number of para-hydroxylation sites is 1. The third-order valence-electron chi connectivity index (χ3n) is 4.37. The van der Waals surface area contributed by atoms with Crippen LogP contribution in [0.3, 0.4) is 0 Å². The van der Waals surface area contributed by atoms with Crippen molar-refractivity contribution in [2.24, 2.45) is 0 Å². The number of carbonyl (C=O) groups excluding carboxylic acids is 2. The summed E-state index contributed by atoms with van der Waals surface area (Å²) < 4.78 is 0. The number of aromatic nitrogens is 1. The zero-order chi connectivity index (χ0) is 20.8. The minimum absolute atomic E-state index is 0.0195. The Labute approximate surface area is 175 Å². The lowest BCUT2D eigenvalue weighted by atomic mass is 10.1. The molecule has 0 radical (unpaired) electrons. The van der Waals surface area contributed by atoms with E-state index in [2.05, 4.69) is 46.8 Å². The highest BCUT2D eigenvalue weighted by Gasteiger charge is 2.15. The fourth-order valence-corrected chi connectivity index (χ4v) is 3.72. The Hall–Kier alpha value is -2.99. The number of carbonyl (C=O) groups is 2. The van der Waals surface area contributed by atoms with Crippen molar-refractivity contribution < 1.29 is 9.59 Å². The largest absolute Gasteiger partial charge is 0.350 e. The van der Waals surface area contributed by atoms with Gasteiger partial charge in [-0.3, -0.25) is 9.59 Å². The number of nitrogens with zero attached hydrogens (tertiary/aromatic N) is 1. The summed E-state index contributed by atoms with van der Waals surface area (Å²) in [6.07, 6.45) is 1.16. The normalized spacial score (nSPS) is 10.8. The molecule has 0 fully saturated rings. The van der Waals surface area contributed by atoms with Crippen LogP contribution in [0.15, 0.2) is 53.9 Å². The number of anilines is 1. The van der Waals surface area contributed by atoms with Crippen LogP contribution in [-0.4, -0.2) is 22.8 Å². The predicted octanol–water partition coefficient (Wildman–Crippen LogP) is 4.69. The van der Waals surface area contributed by atoms with Crippen molar-refractivity contribution in [2.45, 2.75) is 39.7 Å². The molecule has 2 amide bonds. The van der Waals surface area contributed by atoms with Gasteiger partial charge in [-0.05, 0) is 38.0 Å². The highest BCUT2D eigenvalue weighted by molar-refractivity contribution is 7.13. The monoisotopic (exact) mass is 407 g/mol. The first kappa shape index (κ1) is 20.7. The van der Waals surface area contributed by atoms with E-state index in [9.17, 15) is 9.59 Å². The second-order valence-electron chi connectivity index (χ2n) is 7.09. The molecule has 29 heavy (non-hydrogen) atoms. The lowest BCUT2D eigenvalue weighted by Gasteiger charge is -2.12. The average molecular weight is 408 g/mol. The van der Waals surface area contributed by atoms with E-state index in [1.165, 1.54) is 16.9 Å². The molecule has 150 valence electrons. The highest BCUT2D eigenvalue weighted by Crippen LogP contribution is 2.24. The summed E-state index contributed by atoms with van der Waals surface area (Å²) in [5, 5.41) is 8.49. The van der Waals surface area contributed by atoms with Gasteiger partial charge in [0.25, 0.3) is 5.91 Å². The molecule has 0 aliphatic carbocycles. The summed E-state index contributed by atoms with van der Waals surface area (Å²) in [7, 11) is 0. The van der Waals surface area contributed by atoms with Gasteiger partial charge in [-0.15, -0.1) is 11.3 Å². The number of benzene rings is 2. The molecular formula is C23H25N3O2S. The summed E-state index contributed by atoms with van der Waals surface area (Å²) in [5.41, 5.74) is 4.00. The Kier molecular flexibility index (Phi) is 6.77. The fourth-order valence-electron chi connectivity index (χ4n) is 2.89. The molecule has 5 nitrogen and oxygen atoms in total. The van der Waals surface area contributed by atoms with Crippen LogP contribution in [0.25, 0.3) is 10.6 Å². The Morgan fingerprint density at radius 2 is 1.79 bits per heavy atom. The summed E-state index contributed by atoms with van der Waals surface area (Å²) in [4.78, 5) is 29.5. The standard InChI is InChI=1S/C23H25N3O2S/c1-4-16-9-11-17(12-10-16)23-25-18(14-29-23)13-21(27)26-20-8-6-5-7-19(20)22(28)24-15(2)3/h5-12,14-15H,4,13H2,1-3H3,(H,24,28)(H,26,27). The maximum Gasteiger partial charge on any atom is 0.253 e. The molecule has 0 saturated carbocycles. The van der Waals surface area contributed by atoms with Crippen LogP contribution >= 0.6 is 11.3 Å². The molecule has 2 N–H and O–H groups in total. The third kappa shape index (κ3) is 5.51. The van der Waals surface area contributed by atoms with Gasteiger partial charge >= 0.3 is 0 Å². The van der Waals surface area contributed by atoms with Crippen molar-refractivity contribution in [1.82, 2.24) is 10.3 Å². The number of aryl methyl sites for hydroxylation is 1. The van der Waals surface area contributed by atoms with Crippen LogP contribution in [0.1, 0.15) is 42.4 Å². The molecule has 3 rings (SSSR count). The van der Waals surface area contributed by atoms with E-state index in [0.29, 0.717) is 16.9 Å². The summed E-state index contributed by atoms with van der Waals surface area (Å²) >= 11 is 1.52. The first-order chi connectivity index (χ1) is 14.0. The van der Waals surface area contributed by atoms with Crippen LogP contribution in [0.5, 0.6) is 0 Å². The number of hydrogen-bond donors (Lipinski definition) is 2. The summed E-state index contributed by atoms with van der Waals surface area (Å²) in [5.74, 6) is -0.407. The number of rotatable bonds is 7. The molecule has 0 saturated heterocycles. The van der Waals surface area contributed by atoms with Gasteiger partial charge in [0.05, 0.1) is 23.4 Å². The first-order valence-electron chi connectivity index (χ1n) is 9.69. The van der Waals surface area contributed by atoms with Crippen molar-refractivity contribution >= 4 is 28.8 Å². The fraction of sp³-hybridized carbons (Fsp3) is 0.261. The van der Waals surface area contributed by atoms with Gasteiger partial charge in [0.1, 0.15) is 5.01 Å². The molecule has 0 unspecified atom stereocenters. The van der Waals surface area contributed by atoms with Gasteiger partial charge in [-0.1, -0.05) is 43.3 Å². The van der Waals surface area contributed by atoms with Crippen LogP contribution in [0, 0.1) is 0 Å². The van der Waals surface area contributed by atoms with Crippen molar-refractivity contribution in [2.75, 3.05) is 5.32 Å². The molecule has 1 heterocycles. The van der Waals surface area contributed by atoms with E-state index in [-0.39, 0.29) is 24.3 Å². The van der Waals surface area contributed by atoms with Crippen LogP contribution in [-0.2, 0) is 17.6 Å². The topological polar surface area (TPSA) is 71.1 Å². The van der Waals surface area contributed by atoms with E-state index in [0.717, 1.165) is 17.0 Å². The molecule has 3 aromatic rings. The van der Waals surface area contributed by atoms with E-state index < -0.39 is 0 Å². The predicted molar refractivity (Wildman–Crippen MR) is 118 cm³/mol. The minimum atomic E-state index is -0.206. The second kappa shape index (κ2) is 9.47. The molecule has 0 bridgehead atoms. The van der Waals surface area contributed by atoms with Crippen LogP contribution in [0.2, 0.25) is 0 Å². The Balaban J connectivity index is 1.67. The van der Waals surface area contributed by atoms with E-state index in [1.54, 1.807) is 24.3 Å². The molecular weight excluding hydrogens is 382 g/mol. The minimum Gasteiger partial charge on any atom is -0.350 e. The van der Waals surface area contributed by atoms with Gasteiger partial charge in [-0.2, -0.15) is 0 Å². The lowest BCUT2D eigenvalue weighted by molar-refractivity contribution is -0.115. The van der Waals surface area contributed by atoms with Crippen LogP contribution in [0.4, 0.5) is 5.69 Å². The molecule has 1 aromatic heterocycles. The maximum absolute atomic E-state index is 12.5. The molecule has 0 aliphatic heterocycles. The van der Waals surface area contributed by atoms with Gasteiger partial charge < -0.3 is 10.6 Å². The smallest absolute Gasteiger partial charge is 0.253 e. The number of hydrogen-bond acceptors (Lipinski definition) is 4. The zero-order valence-electron chi connectivity index (χ0n) is 16.9. The highest BCUT2D eigenvalue weighted by atomic mass is 32.1. The Morgan fingerprint density at radius 1 is 1.07 bits per heavy atom. The van der Waals surface area contributed by atoms with Gasteiger partial charge in [0.2, 0.25) is 5.91 Å².